The van der Waals surface area contributed by atoms with Crippen LogP contribution in [0, 0.1) is 17.8 Å². The number of rotatable bonds is 17. The summed E-state index contributed by atoms with van der Waals surface area (Å²) in [6.45, 7) is 7.94. The third kappa shape index (κ3) is 20.1. The van der Waals surface area contributed by atoms with E-state index in [0.717, 1.165) is 19.4 Å². The van der Waals surface area contributed by atoms with Gasteiger partial charge < -0.3 is 24.8 Å². The summed E-state index contributed by atoms with van der Waals surface area (Å²) in [5.74, 6) is 6.20. The van der Waals surface area contributed by atoms with Crippen LogP contribution in [0.3, 0.4) is 0 Å². The number of hydrogen-bond donors (Lipinski definition) is 2. The standard InChI is InChI=1S/C19H36N2O4S2/c1-17(2)7-5-11-21-18(22)9-12-23-13-14-24-15-16-25-19(27-26-4)8-6-10-20-3/h17,19-20H,6,8-16H2,1-4H3,(H,21,22). The lowest BCUT2D eigenvalue weighted by atomic mass is 10.2. The normalized spacial score (nSPS) is 11.9. The Hall–Kier alpha value is -0.430. The summed E-state index contributed by atoms with van der Waals surface area (Å²) in [5, 5.41) is 5.90. The van der Waals surface area contributed by atoms with Crippen molar-refractivity contribution in [2.75, 3.05) is 59.4 Å². The number of ether oxygens (including phenoxy) is 3. The molecule has 0 aliphatic heterocycles. The lowest BCUT2D eigenvalue weighted by Gasteiger charge is -2.16. The second kappa shape index (κ2) is 20.3. The van der Waals surface area contributed by atoms with Gasteiger partial charge >= 0.3 is 0 Å². The highest BCUT2D eigenvalue weighted by molar-refractivity contribution is 8.76. The van der Waals surface area contributed by atoms with Gasteiger partial charge in [-0.3, -0.25) is 4.79 Å². The minimum atomic E-state index is -0.0435. The van der Waals surface area contributed by atoms with Crippen LogP contribution in [0.15, 0.2) is 0 Å². The first-order valence-electron chi connectivity index (χ1n) is 9.46. The molecular formula is C19H36N2O4S2. The molecule has 0 bridgehead atoms. The molecule has 0 saturated carbocycles. The molecule has 8 heteroatoms. The van der Waals surface area contributed by atoms with E-state index in [1.54, 1.807) is 21.6 Å². The van der Waals surface area contributed by atoms with Gasteiger partial charge in [-0.05, 0) is 32.7 Å². The Balaban J connectivity index is 3.47. The van der Waals surface area contributed by atoms with E-state index >= 15 is 0 Å². The van der Waals surface area contributed by atoms with E-state index in [2.05, 4.69) is 28.7 Å². The summed E-state index contributed by atoms with van der Waals surface area (Å²) >= 11 is 0. The maximum Gasteiger partial charge on any atom is 0.223 e. The number of nitrogens with one attached hydrogen (secondary N) is 2. The van der Waals surface area contributed by atoms with Crippen LogP contribution in [-0.2, 0) is 19.0 Å². The first-order chi connectivity index (χ1) is 13.1. The Morgan fingerprint density at radius 1 is 1.11 bits per heavy atom. The van der Waals surface area contributed by atoms with E-state index in [1.807, 2.05) is 20.9 Å². The van der Waals surface area contributed by atoms with Gasteiger partial charge in [-0.1, -0.05) is 47.3 Å². The predicted octanol–water partition coefficient (Wildman–Crippen LogP) is 2.54. The molecule has 0 saturated heterocycles. The summed E-state index contributed by atoms with van der Waals surface area (Å²) in [6.07, 6.45) is 4.53. The molecule has 0 aliphatic rings. The zero-order valence-corrected chi connectivity index (χ0v) is 18.8. The molecule has 0 aromatic carbocycles. The Morgan fingerprint density at radius 3 is 2.48 bits per heavy atom. The fourth-order valence-corrected chi connectivity index (χ4v) is 3.65. The largest absolute Gasteiger partial charge is 0.379 e. The van der Waals surface area contributed by atoms with Crippen molar-refractivity contribution in [3.8, 4) is 11.8 Å². The van der Waals surface area contributed by atoms with Gasteiger partial charge in [-0.2, -0.15) is 0 Å². The minimum absolute atomic E-state index is 0.0435. The fourth-order valence-electron chi connectivity index (χ4n) is 1.92. The molecule has 0 spiro atoms. The lowest BCUT2D eigenvalue weighted by Crippen LogP contribution is -2.25. The van der Waals surface area contributed by atoms with Crippen LogP contribution < -0.4 is 10.6 Å². The molecule has 1 unspecified atom stereocenters. The molecule has 0 aliphatic carbocycles. The molecule has 0 aromatic heterocycles. The molecule has 0 aromatic rings. The van der Waals surface area contributed by atoms with Crippen molar-refractivity contribution in [1.82, 2.24) is 10.6 Å². The summed E-state index contributed by atoms with van der Waals surface area (Å²) in [4.78, 5) is 11.6. The average molecular weight is 421 g/mol. The van der Waals surface area contributed by atoms with E-state index in [9.17, 15) is 4.79 Å². The predicted molar refractivity (Wildman–Crippen MR) is 116 cm³/mol. The topological polar surface area (TPSA) is 68.8 Å². The second-order valence-corrected chi connectivity index (χ2v) is 8.67. The van der Waals surface area contributed by atoms with Crippen LogP contribution in [0.4, 0.5) is 0 Å². The van der Waals surface area contributed by atoms with Crippen LogP contribution >= 0.6 is 21.6 Å². The highest BCUT2D eigenvalue weighted by Gasteiger charge is 2.08. The molecular weight excluding hydrogens is 384 g/mol. The average Bonchev–Trinajstić information content (AvgIpc) is 2.63. The zero-order valence-electron chi connectivity index (χ0n) is 17.2. The number of amides is 1. The Kier molecular flexibility index (Phi) is 20.0. The van der Waals surface area contributed by atoms with Crippen molar-refractivity contribution < 1.29 is 19.0 Å². The molecule has 6 nitrogen and oxygen atoms in total. The van der Waals surface area contributed by atoms with Gasteiger partial charge in [0.05, 0.1) is 39.6 Å². The van der Waals surface area contributed by atoms with Crippen LogP contribution in [0.5, 0.6) is 0 Å². The molecule has 0 rings (SSSR count). The van der Waals surface area contributed by atoms with Gasteiger partial charge in [0, 0.05) is 12.3 Å². The molecule has 0 fully saturated rings. The highest BCUT2D eigenvalue weighted by atomic mass is 33.1. The molecule has 0 heterocycles. The van der Waals surface area contributed by atoms with Crippen molar-refractivity contribution >= 4 is 27.5 Å². The maximum atomic E-state index is 11.6. The van der Waals surface area contributed by atoms with Gasteiger partial charge in [0.15, 0.2) is 0 Å². The van der Waals surface area contributed by atoms with Crippen LogP contribution in [-0.4, -0.2) is 70.8 Å². The highest BCUT2D eigenvalue weighted by Crippen LogP contribution is 2.27. The van der Waals surface area contributed by atoms with Crippen molar-refractivity contribution in [2.24, 2.45) is 5.92 Å². The molecule has 1 atom stereocenters. The van der Waals surface area contributed by atoms with Gasteiger partial charge in [0.1, 0.15) is 5.44 Å². The first kappa shape index (κ1) is 26.6. The molecule has 0 radical (unpaired) electrons. The summed E-state index contributed by atoms with van der Waals surface area (Å²) in [5.41, 5.74) is 0.206. The fraction of sp³-hybridized carbons (Fsp3) is 0.842. The Bertz CT molecular complexity index is 414. The molecule has 27 heavy (non-hydrogen) atoms. The van der Waals surface area contributed by atoms with Gasteiger partial charge in [-0.25, -0.2) is 0 Å². The monoisotopic (exact) mass is 420 g/mol. The maximum absolute atomic E-state index is 11.6. The minimum Gasteiger partial charge on any atom is -0.379 e. The summed E-state index contributed by atoms with van der Waals surface area (Å²) < 4.78 is 16.7. The second-order valence-electron chi connectivity index (χ2n) is 6.04. The summed E-state index contributed by atoms with van der Waals surface area (Å²) in [7, 11) is 5.44. The molecule has 2 N–H and O–H groups in total. The van der Waals surface area contributed by atoms with E-state index in [1.165, 1.54) is 0 Å². The number of hydrogen-bond acceptors (Lipinski definition) is 7. The number of carbonyl (C=O) groups is 1. The Labute approximate surface area is 173 Å². The first-order valence-corrected chi connectivity index (χ1v) is 12.1. The van der Waals surface area contributed by atoms with Gasteiger partial charge in [0.25, 0.3) is 0 Å². The van der Waals surface area contributed by atoms with Gasteiger partial charge in [0.2, 0.25) is 5.91 Å². The van der Waals surface area contributed by atoms with Crippen molar-refractivity contribution in [3.63, 3.8) is 0 Å². The van der Waals surface area contributed by atoms with Gasteiger partial charge in [-0.15, -0.1) is 0 Å². The quantitative estimate of drug-likeness (QED) is 0.162. The lowest BCUT2D eigenvalue weighted by molar-refractivity contribution is -0.122. The third-order valence-electron chi connectivity index (χ3n) is 3.21. The SMILES string of the molecule is CNCCCC(OCCOCCOCCC(=O)NCC#CC(C)C)SSC. The summed E-state index contributed by atoms with van der Waals surface area (Å²) in [6, 6.07) is 0. The van der Waals surface area contributed by atoms with Crippen LogP contribution in [0.1, 0.15) is 33.1 Å². The van der Waals surface area contributed by atoms with E-state index in [0.29, 0.717) is 51.9 Å². The van der Waals surface area contributed by atoms with Crippen LogP contribution in [0.2, 0.25) is 0 Å². The van der Waals surface area contributed by atoms with E-state index < -0.39 is 0 Å². The Morgan fingerprint density at radius 2 is 1.81 bits per heavy atom. The molecule has 158 valence electrons. The van der Waals surface area contributed by atoms with E-state index in [-0.39, 0.29) is 11.3 Å². The van der Waals surface area contributed by atoms with E-state index in [4.69, 9.17) is 14.2 Å². The smallest absolute Gasteiger partial charge is 0.223 e. The third-order valence-corrected chi connectivity index (χ3v) is 5.21. The van der Waals surface area contributed by atoms with Crippen molar-refractivity contribution in [2.45, 2.75) is 38.5 Å². The van der Waals surface area contributed by atoms with Crippen LogP contribution in [0.25, 0.3) is 0 Å². The number of carbonyl (C=O) groups excluding carboxylic acids is 1. The molecule has 1 amide bonds. The zero-order chi connectivity index (χ0) is 20.2. The van der Waals surface area contributed by atoms with Crippen molar-refractivity contribution in [1.29, 1.82) is 0 Å². The van der Waals surface area contributed by atoms with Crippen molar-refractivity contribution in [3.05, 3.63) is 0 Å².